The average Bonchev–Trinajstić information content (AvgIpc) is 3.08. The molecule has 1 heterocycles. The lowest BCUT2D eigenvalue weighted by Crippen LogP contribution is -2.33. The number of nitrogens with zero attached hydrogens (tertiary/aromatic N) is 1. The number of carbonyl (C=O) groups excluding carboxylic acids is 1. The molecule has 0 aromatic heterocycles. The van der Waals surface area contributed by atoms with E-state index >= 15 is 0 Å². The van der Waals surface area contributed by atoms with E-state index in [0.29, 0.717) is 18.9 Å². The minimum atomic E-state index is -0.857. The van der Waals surface area contributed by atoms with Crippen molar-refractivity contribution in [3.8, 4) is 11.5 Å². The first kappa shape index (κ1) is 18.8. The van der Waals surface area contributed by atoms with Crippen molar-refractivity contribution in [1.82, 2.24) is 4.90 Å². The van der Waals surface area contributed by atoms with Gasteiger partial charge >= 0.3 is 5.97 Å². The summed E-state index contributed by atoms with van der Waals surface area (Å²) in [5.41, 5.74) is 1.09. The van der Waals surface area contributed by atoms with Crippen LogP contribution in [0, 0.1) is 11.8 Å². The molecule has 3 rings (SSSR count). The standard InChI is InChI=1S/C21H23NO5/c1-15-11-22(12-19(15)21(24)25)20(23)14-27-18-9-7-17(8-10-18)26-13-16-5-3-2-4-6-16/h2-10,15,19H,11-14H2,1H3,(H,24,25)/t15-,19-/m1/s1. The molecule has 0 aliphatic carbocycles. The normalized spacial score (nSPS) is 18.9. The van der Waals surface area contributed by atoms with Crippen LogP contribution in [0.25, 0.3) is 0 Å². The molecule has 0 unspecified atom stereocenters. The summed E-state index contributed by atoms with van der Waals surface area (Å²) in [4.78, 5) is 25.0. The Labute approximate surface area is 158 Å². The molecular weight excluding hydrogens is 346 g/mol. The zero-order chi connectivity index (χ0) is 19.2. The molecule has 1 aliphatic heterocycles. The third-order valence-corrected chi connectivity index (χ3v) is 4.72. The topological polar surface area (TPSA) is 76.1 Å². The molecule has 0 spiro atoms. The smallest absolute Gasteiger partial charge is 0.308 e. The minimum Gasteiger partial charge on any atom is -0.489 e. The van der Waals surface area contributed by atoms with Crippen LogP contribution in [0.3, 0.4) is 0 Å². The minimum absolute atomic E-state index is 0.0486. The molecule has 1 amide bonds. The summed E-state index contributed by atoms with van der Waals surface area (Å²) in [6, 6.07) is 17.0. The molecule has 2 aromatic rings. The van der Waals surface area contributed by atoms with Crippen LogP contribution in [0.1, 0.15) is 12.5 Å². The van der Waals surface area contributed by atoms with Crippen LogP contribution in [0.2, 0.25) is 0 Å². The highest BCUT2D eigenvalue weighted by Gasteiger charge is 2.36. The van der Waals surface area contributed by atoms with Gasteiger partial charge in [-0.15, -0.1) is 0 Å². The van der Waals surface area contributed by atoms with Crippen LogP contribution >= 0.6 is 0 Å². The van der Waals surface area contributed by atoms with Gasteiger partial charge in [0.1, 0.15) is 18.1 Å². The van der Waals surface area contributed by atoms with Crippen molar-refractivity contribution >= 4 is 11.9 Å². The Hall–Kier alpha value is -3.02. The average molecular weight is 369 g/mol. The van der Waals surface area contributed by atoms with Crippen molar-refractivity contribution in [3.05, 3.63) is 60.2 Å². The predicted octanol–water partition coefficient (Wildman–Crippen LogP) is 2.82. The van der Waals surface area contributed by atoms with Crippen LogP contribution in [0.4, 0.5) is 0 Å². The number of rotatable bonds is 7. The van der Waals surface area contributed by atoms with Crippen molar-refractivity contribution < 1.29 is 24.2 Å². The van der Waals surface area contributed by atoms with Crippen molar-refractivity contribution in [2.45, 2.75) is 13.5 Å². The largest absolute Gasteiger partial charge is 0.489 e. The lowest BCUT2D eigenvalue weighted by Gasteiger charge is -2.16. The molecule has 1 aliphatic rings. The molecule has 0 saturated carbocycles. The van der Waals surface area contributed by atoms with Gasteiger partial charge < -0.3 is 19.5 Å². The summed E-state index contributed by atoms with van der Waals surface area (Å²) in [5.74, 6) is -0.324. The Bertz CT molecular complexity index is 775. The summed E-state index contributed by atoms with van der Waals surface area (Å²) in [6.45, 7) is 2.91. The molecule has 1 saturated heterocycles. The first-order chi connectivity index (χ1) is 13.0. The highest BCUT2D eigenvalue weighted by Crippen LogP contribution is 2.24. The molecule has 6 nitrogen and oxygen atoms in total. The second-order valence-electron chi connectivity index (χ2n) is 6.76. The number of aliphatic carboxylic acids is 1. The Kier molecular flexibility index (Phi) is 5.96. The summed E-state index contributed by atoms with van der Waals surface area (Å²) in [6.07, 6.45) is 0. The van der Waals surface area contributed by atoms with Crippen LogP contribution in [-0.4, -0.2) is 41.6 Å². The Morgan fingerprint density at radius 1 is 1.00 bits per heavy atom. The number of amides is 1. The number of ether oxygens (including phenoxy) is 2. The van der Waals surface area contributed by atoms with Crippen LogP contribution in [0.15, 0.2) is 54.6 Å². The molecular formula is C21H23NO5. The van der Waals surface area contributed by atoms with Gasteiger partial charge in [0.25, 0.3) is 5.91 Å². The second-order valence-corrected chi connectivity index (χ2v) is 6.76. The van der Waals surface area contributed by atoms with E-state index in [1.807, 2.05) is 37.3 Å². The summed E-state index contributed by atoms with van der Waals surface area (Å²) in [5, 5.41) is 9.15. The molecule has 2 atom stereocenters. The third-order valence-electron chi connectivity index (χ3n) is 4.72. The van der Waals surface area contributed by atoms with Gasteiger partial charge in [-0.05, 0) is 35.7 Å². The second kappa shape index (κ2) is 8.58. The highest BCUT2D eigenvalue weighted by molar-refractivity contribution is 5.80. The first-order valence-corrected chi connectivity index (χ1v) is 8.93. The predicted molar refractivity (Wildman–Crippen MR) is 99.6 cm³/mol. The Morgan fingerprint density at radius 2 is 1.63 bits per heavy atom. The van der Waals surface area contributed by atoms with E-state index in [1.165, 1.54) is 0 Å². The molecule has 0 bridgehead atoms. The van der Waals surface area contributed by atoms with Gasteiger partial charge in [-0.25, -0.2) is 0 Å². The number of hydrogen-bond acceptors (Lipinski definition) is 4. The molecule has 1 N–H and O–H groups in total. The van der Waals surface area contributed by atoms with E-state index in [4.69, 9.17) is 14.6 Å². The maximum atomic E-state index is 12.2. The Morgan fingerprint density at radius 3 is 2.22 bits per heavy atom. The molecule has 142 valence electrons. The van der Waals surface area contributed by atoms with E-state index in [2.05, 4.69) is 0 Å². The van der Waals surface area contributed by atoms with Gasteiger partial charge in [0, 0.05) is 13.1 Å². The lowest BCUT2D eigenvalue weighted by atomic mass is 9.99. The van der Waals surface area contributed by atoms with Crippen LogP contribution in [0.5, 0.6) is 11.5 Å². The number of benzene rings is 2. The molecule has 1 fully saturated rings. The SMILES string of the molecule is C[C@@H]1CN(C(=O)COc2ccc(OCc3ccccc3)cc2)C[C@H]1C(=O)O. The van der Waals surface area contributed by atoms with E-state index < -0.39 is 11.9 Å². The zero-order valence-electron chi connectivity index (χ0n) is 15.2. The fraction of sp³-hybridized carbons (Fsp3) is 0.333. The third kappa shape index (κ3) is 5.00. The molecule has 6 heteroatoms. The highest BCUT2D eigenvalue weighted by atomic mass is 16.5. The van der Waals surface area contributed by atoms with Gasteiger partial charge in [-0.3, -0.25) is 9.59 Å². The number of hydrogen-bond donors (Lipinski definition) is 1. The van der Waals surface area contributed by atoms with Crippen molar-refractivity contribution in [3.63, 3.8) is 0 Å². The van der Waals surface area contributed by atoms with E-state index in [0.717, 1.165) is 11.3 Å². The molecule has 27 heavy (non-hydrogen) atoms. The summed E-state index contributed by atoms with van der Waals surface area (Å²) in [7, 11) is 0. The number of carbonyl (C=O) groups is 2. The van der Waals surface area contributed by atoms with Crippen molar-refractivity contribution in [1.29, 1.82) is 0 Å². The van der Waals surface area contributed by atoms with Gasteiger partial charge in [0.2, 0.25) is 0 Å². The van der Waals surface area contributed by atoms with Crippen LogP contribution in [-0.2, 0) is 16.2 Å². The maximum absolute atomic E-state index is 12.2. The number of carboxylic acid groups (broad SMARTS) is 1. The van der Waals surface area contributed by atoms with E-state index in [1.54, 1.807) is 29.2 Å². The van der Waals surface area contributed by atoms with Crippen molar-refractivity contribution in [2.24, 2.45) is 11.8 Å². The monoisotopic (exact) mass is 369 g/mol. The lowest BCUT2D eigenvalue weighted by molar-refractivity contribution is -0.142. The maximum Gasteiger partial charge on any atom is 0.308 e. The summed E-state index contributed by atoms with van der Waals surface area (Å²) >= 11 is 0. The molecule has 0 radical (unpaired) electrons. The number of carboxylic acids is 1. The van der Waals surface area contributed by atoms with E-state index in [-0.39, 0.29) is 25.0 Å². The quantitative estimate of drug-likeness (QED) is 0.812. The Balaban J connectivity index is 1.46. The van der Waals surface area contributed by atoms with Crippen LogP contribution < -0.4 is 9.47 Å². The summed E-state index contributed by atoms with van der Waals surface area (Å²) < 4.78 is 11.2. The zero-order valence-corrected chi connectivity index (χ0v) is 15.2. The van der Waals surface area contributed by atoms with Gasteiger partial charge in [-0.2, -0.15) is 0 Å². The number of likely N-dealkylation sites (tertiary alicyclic amines) is 1. The van der Waals surface area contributed by atoms with Gasteiger partial charge in [0.15, 0.2) is 6.61 Å². The van der Waals surface area contributed by atoms with Gasteiger partial charge in [0.05, 0.1) is 5.92 Å². The fourth-order valence-corrected chi connectivity index (χ4v) is 3.10. The first-order valence-electron chi connectivity index (χ1n) is 8.93. The fourth-order valence-electron chi connectivity index (χ4n) is 3.10. The molecule has 2 aromatic carbocycles. The van der Waals surface area contributed by atoms with Crippen molar-refractivity contribution in [2.75, 3.05) is 19.7 Å². The van der Waals surface area contributed by atoms with Gasteiger partial charge in [-0.1, -0.05) is 37.3 Å². The van der Waals surface area contributed by atoms with E-state index in [9.17, 15) is 9.59 Å².